The second-order valence-electron chi connectivity index (χ2n) is 4.94. The number of nitrogen functional groups attached to an aromatic ring is 1. The summed E-state index contributed by atoms with van der Waals surface area (Å²) < 4.78 is 5.50. The van der Waals surface area contributed by atoms with Crippen molar-refractivity contribution in [2.45, 2.75) is 19.4 Å². The molecule has 0 spiro atoms. The first kappa shape index (κ1) is 17.3. The summed E-state index contributed by atoms with van der Waals surface area (Å²) in [7, 11) is 1.60. The first-order valence-corrected chi connectivity index (χ1v) is 7.14. The molecular formula is C15H25N3O3. The van der Waals surface area contributed by atoms with E-state index in [1.54, 1.807) is 31.3 Å². The highest BCUT2D eigenvalue weighted by Gasteiger charge is 2.14. The summed E-state index contributed by atoms with van der Waals surface area (Å²) >= 11 is 0. The molecule has 0 bridgehead atoms. The van der Waals surface area contributed by atoms with Gasteiger partial charge in [-0.25, -0.2) is 0 Å². The highest BCUT2D eigenvalue weighted by molar-refractivity contribution is 5.77. The zero-order valence-electron chi connectivity index (χ0n) is 12.7. The van der Waals surface area contributed by atoms with Crippen LogP contribution in [0.2, 0.25) is 0 Å². The Morgan fingerprint density at radius 1 is 1.43 bits per heavy atom. The Kier molecular flexibility index (Phi) is 7.56. The van der Waals surface area contributed by atoms with E-state index in [0.29, 0.717) is 18.0 Å². The summed E-state index contributed by atoms with van der Waals surface area (Å²) in [5.41, 5.74) is 6.26. The van der Waals surface area contributed by atoms with Crippen molar-refractivity contribution in [1.82, 2.24) is 10.2 Å². The first-order valence-electron chi connectivity index (χ1n) is 7.14. The van der Waals surface area contributed by atoms with E-state index in [4.69, 9.17) is 10.5 Å². The minimum Gasteiger partial charge on any atom is -0.491 e. The minimum atomic E-state index is -0.654. The van der Waals surface area contributed by atoms with Gasteiger partial charge in [-0.2, -0.15) is 0 Å². The average Bonchev–Trinajstić information content (AvgIpc) is 2.46. The van der Waals surface area contributed by atoms with Gasteiger partial charge in [0.05, 0.1) is 6.54 Å². The number of aliphatic hydroxyl groups is 1. The topological polar surface area (TPSA) is 87.8 Å². The van der Waals surface area contributed by atoms with Gasteiger partial charge in [-0.3, -0.25) is 9.69 Å². The number of hydrogen-bond acceptors (Lipinski definition) is 5. The largest absolute Gasteiger partial charge is 0.491 e. The number of rotatable bonds is 9. The van der Waals surface area contributed by atoms with Gasteiger partial charge in [0.15, 0.2) is 0 Å². The molecule has 0 aliphatic heterocycles. The smallest absolute Gasteiger partial charge is 0.233 e. The molecule has 1 amide bonds. The summed E-state index contributed by atoms with van der Waals surface area (Å²) in [6.45, 7) is 3.65. The Morgan fingerprint density at radius 2 is 2.10 bits per heavy atom. The fraction of sp³-hybridized carbons (Fsp3) is 0.533. The summed E-state index contributed by atoms with van der Waals surface area (Å²) in [6, 6.07) is 7.01. The van der Waals surface area contributed by atoms with Gasteiger partial charge in [0.2, 0.25) is 5.91 Å². The molecule has 4 N–H and O–H groups in total. The van der Waals surface area contributed by atoms with Crippen molar-refractivity contribution in [1.29, 1.82) is 0 Å². The van der Waals surface area contributed by atoms with Crippen molar-refractivity contribution in [3.8, 4) is 5.75 Å². The number of benzene rings is 1. The van der Waals surface area contributed by atoms with Crippen molar-refractivity contribution in [3.05, 3.63) is 24.3 Å². The van der Waals surface area contributed by atoms with Gasteiger partial charge < -0.3 is 20.9 Å². The lowest BCUT2D eigenvalue weighted by molar-refractivity contribution is -0.122. The number of nitrogens with two attached hydrogens (primary N) is 1. The zero-order chi connectivity index (χ0) is 15.7. The molecular weight excluding hydrogens is 270 g/mol. The SMILES string of the molecule is CCCN(CC(=O)NC)CC(O)COc1ccc(N)cc1. The third-order valence-corrected chi connectivity index (χ3v) is 2.98. The van der Waals surface area contributed by atoms with Gasteiger partial charge >= 0.3 is 0 Å². The molecule has 1 aromatic rings. The molecule has 1 atom stereocenters. The fourth-order valence-corrected chi connectivity index (χ4v) is 1.94. The van der Waals surface area contributed by atoms with Crippen LogP contribution in [0.15, 0.2) is 24.3 Å². The van der Waals surface area contributed by atoms with Crippen molar-refractivity contribution < 1.29 is 14.6 Å². The molecule has 0 saturated carbocycles. The van der Waals surface area contributed by atoms with Crippen LogP contribution in [0.1, 0.15) is 13.3 Å². The van der Waals surface area contributed by atoms with E-state index in [1.807, 2.05) is 11.8 Å². The third-order valence-electron chi connectivity index (χ3n) is 2.98. The number of carbonyl (C=O) groups is 1. The Bertz CT molecular complexity index is 423. The van der Waals surface area contributed by atoms with Crippen LogP contribution in [0.4, 0.5) is 5.69 Å². The molecule has 0 heterocycles. The predicted octanol–water partition coefficient (Wildman–Crippen LogP) is 0.467. The van der Waals surface area contributed by atoms with Crippen LogP contribution in [-0.4, -0.2) is 55.3 Å². The highest BCUT2D eigenvalue weighted by atomic mass is 16.5. The number of aliphatic hydroxyl groups excluding tert-OH is 1. The van der Waals surface area contributed by atoms with E-state index in [1.165, 1.54) is 0 Å². The maximum absolute atomic E-state index is 11.4. The summed E-state index contributed by atoms with van der Waals surface area (Å²) in [5.74, 6) is 0.603. The molecule has 1 unspecified atom stereocenters. The van der Waals surface area contributed by atoms with E-state index >= 15 is 0 Å². The van der Waals surface area contributed by atoms with Crippen LogP contribution in [0.5, 0.6) is 5.75 Å². The monoisotopic (exact) mass is 295 g/mol. The number of hydrogen-bond donors (Lipinski definition) is 3. The molecule has 21 heavy (non-hydrogen) atoms. The molecule has 1 rings (SSSR count). The second kappa shape index (κ2) is 9.20. The van der Waals surface area contributed by atoms with Gasteiger partial charge in [0.1, 0.15) is 18.5 Å². The van der Waals surface area contributed by atoms with Gasteiger partial charge in [-0.1, -0.05) is 6.92 Å². The number of amides is 1. The zero-order valence-corrected chi connectivity index (χ0v) is 12.7. The van der Waals surface area contributed by atoms with Gasteiger partial charge in [0, 0.05) is 19.3 Å². The molecule has 6 nitrogen and oxygen atoms in total. The van der Waals surface area contributed by atoms with E-state index in [0.717, 1.165) is 13.0 Å². The number of anilines is 1. The average molecular weight is 295 g/mol. The lowest BCUT2D eigenvalue weighted by Gasteiger charge is -2.23. The number of nitrogens with one attached hydrogen (secondary N) is 1. The first-order chi connectivity index (χ1) is 10.0. The molecule has 118 valence electrons. The van der Waals surface area contributed by atoms with E-state index < -0.39 is 6.10 Å². The van der Waals surface area contributed by atoms with Crippen LogP contribution in [-0.2, 0) is 4.79 Å². The Labute approximate surface area is 125 Å². The molecule has 1 aromatic carbocycles. The second-order valence-corrected chi connectivity index (χ2v) is 4.94. The normalized spacial score (nSPS) is 12.2. The maximum Gasteiger partial charge on any atom is 0.233 e. The fourth-order valence-electron chi connectivity index (χ4n) is 1.94. The minimum absolute atomic E-state index is 0.0601. The van der Waals surface area contributed by atoms with Crippen LogP contribution in [0.25, 0.3) is 0 Å². The van der Waals surface area contributed by atoms with Crippen LogP contribution < -0.4 is 15.8 Å². The maximum atomic E-state index is 11.4. The van der Waals surface area contributed by atoms with Crippen LogP contribution >= 0.6 is 0 Å². The Hall–Kier alpha value is -1.79. The van der Waals surface area contributed by atoms with Gasteiger partial charge in [0.25, 0.3) is 0 Å². The Balaban J connectivity index is 2.40. The van der Waals surface area contributed by atoms with Crippen molar-refractivity contribution >= 4 is 11.6 Å². The van der Waals surface area contributed by atoms with Gasteiger partial charge in [-0.15, -0.1) is 0 Å². The lowest BCUT2D eigenvalue weighted by atomic mass is 10.3. The number of nitrogens with zero attached hydrogens (tertiary/aromatic N) is 1. The standard InChI is InChI=1S/C15H25N3O3/c1-3-8-18(10-15(20)17-2)9-13(19)11-21-14-6-4-12(16)5-7-14/h4-7,13,19H,3,8-11,16H2,1-2H3,(H,17,20). The molecule has 0 aromatic heterocycles. The van der Waals surface area contributed by atoms with E-state index in [2.05, 4.69) is 5.32 Å². The molecule has 0 saturated heterocycles. The summed E-state index contributed by atoms with van der Waals surface area (Å²) in [4.78, 5) is 13.3. The molecule has 0 aliphatic rings. The number of likely N-dealkylation sites (N-methyl/N-ethyl adjacent to an activating group) is 1. The Morgan fingerprint density at radius 3 is 2.67 bits per heavy atom. The molecule has 0 aliphatic carbocycles. The van der Waals surface area contributed by atoms with E-state index in [9.17, 15) is 9.90 Å². The summed E-state index contributed by atoms with van der Waals surface area (Å²) in [5, 5.41) is 12.6. The third kappa shape index (κ3) is 6.97. The van der Waals surface area contributed by atoms with Crippen molar-refractivity contribution in [2.24, 2.45) is 0 Å². The van der Waals surface area contributed by atoms with E-state index in [-0.39, 0.29) is 19.1 Å². The van der Waals surface area contributed by atoms with Gasteiger partial charge in [-0.05, 0) is 37.2 Å². The highest BCUT2D eigenvalue weighted by Crippen LogP contribution is 2.13. The predicted molar refractivity (Wildman–Crippen MR) is 83.2 cm³/mol. The van der Waals surface area contributed by atoms with Crippen LogP contribution in [0.3, 0.4) is 0 Å². The van der Waals surface area contributed by atoms with Crippen LogP contribution in [0, 0.1) is 0 Å². The van der Waals surface area contributed by atoms with Crippen molar-refractivity contribution in [2.75, 3.05) is 39.0 Å². The summed E-state index contributed by atoms with van der Waals surface area (Å²) in [6.07, 6.45) is 0.265. The number of carbonyl (C=O) groups excluding carboxylic acids is 1. The number of ether oxygens (including phenoxy) is 1. The molecule has 0 radical (unpaired) electrons. The molecule has 6 heteroatoms. The molecule has 0 fully saturated rings. The lowest BCUT2D eigenvalue weighted by Crippen LogP contribution is -2.41. The quantitative estimate of drug-likeness (QED) is 0.576. The van der Waals surface area contributed by atoms with Crippen molar-refractivity contribution in [3.63, 3.8) is 0 Å².